The number of sulfonamides is 1. The van der Waals surface area contributed by atoms with Crippen LogP contribution in [-0.4, -0.2) is 27.1 Å². The lowest BCUT2D eigenvalue weighted by Gasteiger charge is -2.21. The van der Waals surface area contributed by atoms with Crippen molar-refractivity contribution in [3.8, 4) is 0 Å². The minimum Gasteiger partial charge on any atom is -0.368 e. The van der Waals surface area contributed by atoms with E-state index in [-0.39, 0.29) is 0 Å². The number of anilines is 1. The normalized spacial score (nSPS) is 11.2. The maximum absolute atomic E-state index is 13.4. The Morgan fingerprint density at radius 1 is 1.41 bits per heavy atom. The average Bonchev–Trinajstić information content (AvgIpc) is 2.13. The van der Waals surface area contributed by atoms with Gasteiger partial charge in [0, 0.05) is 6.07 Å². The lowest BCUT2D eigenvalue weighted by Crippen LogP contribution is -2.38. The summed E-state index contributed by atoms with van der Waals surface area (Å²) in [6.07, 6.45) is 0.790. The van der Waals surface area contributed by atoms with E-state index in [1.807, 2.05) is 0 Å². The van der Waals surface area contributed by atoms with Crippen LogP contribution in [0, 0.1) is 11.6 Å². The number of primary amides is 1. The highest BCUT2D eigenvalue weighted by atomic mass is 32.2. The fourth-order valence-electron chi connectivity index (χ4n) is 1.21. The lowest BCUT2D eigenvalue weighted by atomic mass is 10.3. The van der Waals surface area contributed by atoms with Crippen molar-refractivity contribution in [2.75, 3.05) is 17.1 Å². The van der Waals surface area contributed by atoms with Gasteiger partial charge in [-0.3, -0.25) is 9.10 Å². The molecular formula is C9H10F2N2O3S. The number of carbonyl (C=O) groups excluding carboxylic acids is 1. The highest BCUT2D eigenvalue weighted by Crippen LogP contribution is 2.22. The molecule has 0 unspecified atom stereocenters. The third-order valence-corrected chi connectivity index (χ3v) is 3.00. The van der Waals surface area contributed by atoms with Gasteiger partial charge < -0.3 is 5.73 Å². The predicted molar refractivity (Wildman–Crippen MR) is 57.7 cm³/mol. The first-order valence-corrected chi connectivity index (χ1v) is 6.27. The van der Waals surface area contributed by atoms with Gasteiger partial charge in [0.1, 0.15) is 18.2 Å². The van der Waals surface area contributed by atoms with Crippen LogP contribution in [0.25, 0.3) is 0 Å². The maximum atomic E-state index is 13.4. The van der Waals surface area contributed by atoms with E-state index in [9.17, 15) is 22.0 Å². The summed E-state index contributed by atoms with van der Waals surface area (Å²) in [4.78, 5) is 10.7. The van der Waals surface area contributed by atoms with Crippen LogP contribution in [0.4, 0.5) is 14.5 Å². The molecule has 0 atom stereocenters. The Bertz CT molecular complexity index is 545. The van der Waals surface area contributed by atoms with Crippen molar-refractivity contribution in [1.29, 1.82) is 0 Å². The van der Waals surface area contributed by atoms with E-state index >= 15 is 0 Å². The molecule has 0 aliphatic rings. The monoisotopic (exact) mass is 264 g/mol. The minimum atomic E-state index is -3.88. The second-order valence-electron chi connectivity index (χ2n) is 3.33. The van der Waals surface area contributed by atoms with Crippen LogP contribution in [0.3, 0.4) is 0 Å². The van der Waals surface area contributed by atoms with Crippen LogP contribution in [-0.2, 0) is 14.8 Å². The Balaban J connectivity index is 3.27. The Kier molecular flexibility index (Phi) is 3.66. The number of hydrogen-bond donors (Lipinski definition) is 1. The minimum absolute atomic E-state index is 0.423. The van der Waals surface area contributed by atoms with Gasteiger partial charge in [-0.2, -0.15) is 0 Å². The molecule has 5 nitrogen and oxygen atoms in total. The molecule has 0 radical (unpaired) electrons. The molecule has 0 fully saturated rings. The fourth-order valence-corrected chi connectivity index (χ4v) is 2.07. The quantitative estimate of drug-likeness (QED) is 0.844. The second-order valence-corrected chi connectivity index (χ2v) is 5.24. The molecule has 0 heterocycles. The lowest BCUT2D eigenvalue weighted by molar-refractivity contribution is -0.116. The van der Waals surface area contributed by atoms with Crippen molar-refractivity contribution in [3.63, 3.8) is 0 Å². The molecule has 0 aromatic heterocycles. The molecule has 0 aliphatic heterocycles. The summed E-state index contributed by atoms with van der Waals surface area (Å²) in [6, 6.07) is 2.33. The van der Waals surface area contributed by atoms with Crippen molar-refractivity contribution in [2.24, 2.45) is 5.73 Å². The van der Waals surface area contributed by atoms with Crippen LogP contribution < -0.4 is 10.0 Å². The van der Waals surface area contributed by atoms with Crippen LogP contribution in [0.2, 0.25) is 0 Å². The van der Waals surface area contributed by atoms with E-state index in [0.29, 0.717) is 10.4 Å². The Morgan fingerprint density at radius 3 is 2.41 bits per heavy atom. The Morgan fingerprint density at radius 2 is 2.00 bits per heavy atom. The molecule has 1 aromatic carbocycles. The van der Waals surface area contributed by atoms with Gasteiger partial charge in [0.15, 0.2) is 0 Å². The van der Waals surface area contributed by atoms with Gasteiger partial charge in [0.05, 0.1) is 11.9 Å². The molecule has 8 heteroatoms. The van der Waals surface area contributed by atoms with Crippen LogP contribution in [0.15, 0.2) is 18.2 Å². The maximum Gasteiger partial charge on any atom is 0.238 e. The number of carbonyl (C=O) groups is 1. The molecular weight excluding hydrogens is 254 g/mol. The van der Waals surface area contributed by atoms with Crippen molar-refractivity contribution in [2.45, 2.75) is 0 Å². The van der Waals surface area contributed by atoms with E-state index in [0.717, 1.165) is 18.4 Å². The molecule has 94 valence electrons. The zero-order chi connectivity index (χ0) is 13.2. The van der Waals surface area contributed by atoms with Gasteiger partial charge in [-0.1, -0.05) is 0 Å². The molecule has 0 saturated heterocycles. The number of nitrogens with zero attached hydrogens (tertiary/aromatic N) is 1. The van der Waals surface area contributed by atoms with Gasteiger partial charge in [-0.15, -0.1) is 0 Å². The van der Waals surface area contributed by atoms with Crippen molar-refractivity contribution in [1.82, 2.24) is 0 Å². The molecule has 0 saturated carbocycles. The molecule has 2 N–H and O–H groups in total. The number of amides is 1. The van der Waals surface area contributed by atoms with Crippen LogP contribution in [0.5, 0.6) is 0 Å². The summed E-state index contributed by atoms with van der Waals surface area (Å²) in [6.45, 7) is -0.707. The van der Waals surface area contributed by atoms with E-state index < -0.39 is 39.8 Å². The highest BCUT2D eigenvalue weighted by molar-refractivity contribution is 7.92. The summed E-state index contributed by atoms with van der Waals surface area (Å²) in [5.41, 5.74) is 4.44. The average molecular weight is 264 g/mol. The van der Waals surface area contributed by atoms with Crippen molar-refractivity contribution >= 4 is 21.6 Å². The summed E-state index contributed by atoms with van der Waals surface area (Å²) >= 11 is 0. The molecule has 1 aromatic rings. The van der Waals surface area contributed by atoms with Gasteiger partial charge in [0.25, 0.3) is 0 Å². The van der Waals surface area contributed by atoms with E-state index in [1.54, 1.807) is 0 Å². The third-order valence-electron chi connectivity index (χ3n) is 1.88. The Labute approximate surface area is 96.9 Å². The first kappa shape index (κ1) is 13.4. The molecule has 0 bridgehead atoms. The van der Waals surface area contributed by atoms with Crippen molar-refractivity contribution < 1.29 is 22.0 Å². The zero-order valence-electron chi connectivity index (χ0n) is 8.85. The first-order valence-electron chi connectivity index (χ1n) is 4.43. The number of nitrogens with two attached hydrogens (primary N) is 1. The summed E-state index contributed by atoms with van der Waals surface area (Å²) in [5, 5.41) is 0. The number of halogens is 2. The molecule has 0 spiro atoms. The van der Waals surface area contributed by atoms with Gasteiger partial charge in [-0.05, 0) is 12.1 Å². The molecule has 17 heavy (non-hydrogen) atoms. The van der Waals surface area contributed by atoms with E-state index in [2.05, 4.69) is 0 Å². The SMILES string of the molecule is CS(=O)(=O)N(CC(N)=O)c1ccc(F)cc1F. The first-order chi connectivity index (χ1) is 7.71. The fraction of sp³-hybridized carbons (Fsp3) is 0.222. The van der Waals surface area contributed by atoms with E-state index in [1.165, 1.54) is 0 Å². The second kappa shape index (κ2) is 4.66. The molecule has 0 aliphatic carbocycles. The highest BCUT2D eigenvalue weighted by Gasteiger charge is 2.22. The zero-order valence-corrected chi connectivity index (χ0v) is 9.67. The van der Waals surface area contributed by atoms with Crippen molar-refractivity contribution in [3.05, 3.63) is 29.8 Å². The number of hydrogen-bond acceptors (Lipinski definition) is 3. The summed E-state index contributed by atoms with van der Waals surface area (Å²) < 4.78 is 49.3. The predicted octanol–water partition coefficient (Wildman–Crippen LogP) is 0.216. The smallest absolute Gasteiger partial charge is 0.238 e. The van der Waals surface area contributed by atoms with Crippen LogP contribution in [0.1, 0.15) is 0 Å². The standard InChI is InChI=1S/C9H10F2N2O3S/c1-17(15,16)13(5-9(12)14)8-3-2-6(10)4-7(8)11/h2-4H,5H2,1H3,(H2,12,14). The van der Waals surface area contributed by atoms with E-state index in [4.69, 9.17) is 5.73 Å². The largest absolute Gasteiger partial charge is 0.368 e. The van der Waals surface area contributed by atoms with Gasteiger partial charge in [-0.25, -0.2) is 17.2 Å². The number of benzene rings is 1. The van der Waals surface area contributed by atoms with Gasteiger partial charge in [0.2, 0.25) is 15.9 Å². The topological polar surface area (TPSA) is 80.5 Å². The third kappa shape index (κ3) is 3.38. The number of rotatable bonds is 4. The molecule has 1 amide bonds. The summed E-state index contributed by atoms with van der Waals surface area (Å²) in [5.74, 6) is -2.88. The van der Waals surface area contributed by atoms with Gasteiger partial charge >= 0.3 is 0 Å². The molecule has 1 rings (SSSR count). The summed E-state index contributed by atoms with van der Waals surface area (Å²) in [7, 11) is -3.88. The Hall–Kier alpha value is -1.70. The van der Waals surface area contributed by atoms with Crippen LogP contribution >= 0.6 is 0 Å².